The number of carbonyl (C=O) groups is 1. The molecule has 0 spiro atoms. The highest BCUT2D eigenvalue weighted by Gasteiger charge is 2.29. The SMILES string of the molecule is Cc1c(-c2ccc3c(c2)CC(O)C3=O)nnn1-c1cccnc1F. The van der Waals surface area contributed by atoms with E-state index in [1.807, 2.05) is 6.07 Å². The van der Waals surface area contributed by atoms with Gasteiger partial charge in [-0.3, -0.25) is 4.79 Å². The third kappa shape index (κ3) is 2.13. The molecule has 24 heavy (non-hydrogen) atoms. The number of carbonyl (C=O) groups excluding carboxylic acids is 1. The molecule has 1 unspecified atom stereocenters. The summed E-state index contributed by atoms with van der Waals surface area (Å²) >= 11 is 0. The van der Waals surface area contributed by atoms with Crippen LogP contribution in [0.15, 0.2) is 36.5 Å². The number of hydrogen-bond donors (Lipinski definition) is 1. The summed E-state index contributed by atoms with van der Waals surface area (Å²) in [6.07, 6.45) is 0.692. The van der Waals surface area contributed by atoms with Gasteiger partial charge in [0.25, 0.3) is 0 Å². The first kappa shape index (κ1) is 14.6. The van der Waals surface area contributed by atoms with Gasteiger partial charge >= 0.3 is 0 Å². The van der Waals surface area contributed by atoms with E-state index in [1.54, 1.807) is 31.2 Å². The molecule has 0 fully saturated rings. The maximum Gasteiger partial charge on any atom is 0.238 e. The number of aliphatic hydroxyl groups is 1. The number of pyridine rings is 1. The highest BCUT2D eigenvalue weighted by Crippen LogP contribution is 2.29. The number of fused-ring (bicyclic) bond motifs is 1. The lowest BCUT2D eigenvalue weighted by Crippen LogP contribution is -2.13. The third-order valence-electron chi connectivity index (χ3n) is 4.22. The summed E-state index contributed by atoms with van der Waals surface area (Å²) in [6.45, 7) is 1.79. The lowest BCUT2D eigenvalue weighted by molar-refractivity contribution is 0.0780. The molecule has 2 heterocycles. The average molecular weight is 324 g/mol. The van der Waals surface area contributed by atoms with Gasteiger partial charge in [0, 0.05) is 23.7 Å². The molecule has 0 bridgehead atoms. The van der Waals surface area contributed by atoms with E-state index in [0.29, 0.717) is 23.4 Å². The third-order valence-corrected chi connectivity index (χ3v) is 4.22. The van der Waals surface area contributed by atoms with Crippen molar-refractivity contribution >= 4 is 5.78 Å². The Balaban J connectivity index is 1.79. The topological polar surface area (TPSA) is 80.9 Å². The monoisotopic (exact) mass is 324 g/mol. The molecule has 1 aromatic carbocycles. The van der Waals surface area contributed by atoms with Crippen LogP contribution in [-0.2, 0) is 6.42 Å². The van der Waals surface area contributed by atoms with Crippen molar-refractivity contribution in [2.45, 2.75) is 19.4 Å². The van der Waals surface area contributed by atoms with Crippen molar-refractivity contribution in [3.05, 3.63) is 59.3 Å². The molecule has 0 saturated heterocycles. The van der Waals surface area contributed by atoms with Gasteiger partial charge in [-0.05, 0) is 30.7 Å². The van der Waals surface area contributed by atoms with Gasteiger partial charge in [0.2, 0.25) is 5.95 Å². The minimum atomic E-state index is -0.975. The molecule has 1 N–H and O–H groups in total. The summed E-state index contributed by atoms with van der Waals surface area (Å²) in [4.78, 5) is 15.4. The standard InChI is InChI=1S/C17H13FN4O2/c1-9-15(20-21-22(9)13-3-2-6-19-17(13)18)10-4-5-12-11(7-10)8-14(23)16(12)24/h2-7,14,23H,8H2,1H3. The van der Waals surface area contributed by atoms with Crippen molar-refractivity contribution < 1.29 is 14.3 Å². The molecule has 1 aliphatic carbocycles. The first-order chi connectivity index (χ1) is 11.6. The second-order valence-corrected chi connectivity index (χ2v) is 5.70. The number of nitrogens with zero attached hydrogens (tertiary/aromatic N) is 4. The van der Waals surface area contributed by atoms with Crippen LogP contribution in [0.2, 0.25) is 0 Å². The van der Waals surface area contributed by atoms with Gasteiger partial charge in [0.05, 0.1) is 5.69 Å². The van der Waals surface area contributed by atoms with Gasteiger partial charge in [-0.2, -0.15) is 4.39 Å². The van der Waals surface area contributed by atoms with Crippen molar-refractivity contribution in [3.8, 4) is 16.9 Å². The first-order valence-corrected chi connectivity index (χ1v) is 7.45. The van der Waals surface area contributed by atoms with E-state index in [-0.39, 0.29) is 11.5 Å². The van der Waals surface area contributed by atoms with Crippen molar-refractivity contribution in [1.29, 1.82) is 0 Å². The highest BCUT2D eigenvalue weighted by molar-refractivity contribution is 6.04. The fourth-order valence-electron chi connectivity index (χ4n) is 2.99. The normalized spacial score (nSPS) is 16.5. The minimum absolute atomic E-state index is 0.223. The van der Waals surface area contributed by atoms with Crippen LogP contribution in [0.4, 0.5) is 4.39 Å². The summed E-state index contributed by atoms with van der Waals surface area (Å²) in [5.41, 5.74) is 3.56. The zero-order valence-corrected chi connectivity index (χ0v) is 12.8. The van der Waals surface area contributed by atoms with Gasteiger partial charge < -0.3 is 5.11 Å². The molecular formula is C17H13FN4O2. The van der Waals surface area contributed by atoms with Gasteiger partial charge in [-0.1, -0.05) is 17.3 Å². The molecule has 1 aliphatic rings. The van der Waals surface area contributed by atoms with E-state index < -0.39 is 12.1 Å². The van der Waals surface area contributed by atoms with E-state index in [1.165, 1.54) is 10.9 Å². The van der Waals surface area contributed by atoms with Gasteiger partial charge in [-0.25, -0.2) is 9.67 Å². The molecule has 4 rings (SSSR count). The second-order valence-electron chi connectivity index (χ2n) is 5.70. The Morgan fingerprint density at radius 3 is 2.96 bits per heavy atom. The fraction of sp³-hybridized carbons (Fsp3) is 0.176. The van der Waals surface area contributed by atoms with Crippen LogP contribution in [-0.4, -0.2) is 37.0 Å². The van der Waals surface area contributed by atoms with Crippen LogP contribution < -0.4 is 0 Å². The maximum absolute atomic E-state index is 13.9. The predicted molar refractivity (Wildman–Crippen MR) is 83.3 cm³/mol. The molecule has 0 aliphatic heterocycles. The number of rotatable bonds is 2. The highest BCUT2D eigenvalue weighted by atomic mass is 19.1. The quantitative estimate of drug-likeness (QED) is 0.728. The Labute approximate surface area is 136 Å². The molecule has 7 heteroatoms. The molecule has 0 amide bonds. The number of aromatic nitrogens is 4. The summed E-state index contributed by atoms with van der Waals surface area (Å²) < 4.78 is 15.3. The van der Waals surface area contributed by atoms with Gasteiger partial charge in [-0.15, -0.1) is 5.10 Å². The van der Waals surface area contributed by atoms with Crippen molar-refractivity contribution in [2.75, 3.05) is 0 Å². The molecule has 1 atom stereocenters. The summed E-state index contributed by atoms with van der Waals surface area (Å²) in [5, 5.41) is 17.8. The van der Waals surface area contributed by atoms with Crippen LogP contribution in [0, 0.1) is 12.9 Å². The van der Waals surface area contributed by atoms with E-state index >= 15 is 0 Å². The predicted octanol–water partition coefficient (Wildman–Crippen LogP) is 1.88. The molecule has 3 aromatic rings. The largest absolute Gasteiger partial charge is 0.385 e. The Hall–Kier alpha value is -2.93. The molecule has 0 radical (unpaired) electrons. The first-order valence-electron chi connectivity index (χ1n) is 7.45. The van der Waals surface area contributed by atoms with Crippen LogP contribution in [0.1, 0.15) is 21.6 Å². The zero-order valence-electron chi connectivity index (χ0n) is 12.8. The van der Waals surface area contributed by atoms with Crippen molar-refractivity contribution in [2.24, 2.45) is 0 Å². The van der Waals surface area contributed by atoms with Gasteiger partial charge in [0.1, 0.15) is 17.5 Å². The number of Topliss-reactive ketones (excluding diaryl/α,β-unsaturated/α-hetero) is 1. The molecule has 2 aromatic heterocycles. The summed E-state index contributed by atoms with van der Waals surface area (Å²) in [7, 11) is 0. The Kier molecular flexibility index (Phi) is 3.24. The Morgan fingerprint density at radius 2 is 2.17 bits per heavy atom. The maximum atomic E-state index is 13.9. The van der Waals surface area contributed by atoms with E-state index in [4.69, 9.17) is 0 Å². The minimum Gasteiger partial charge on any atom is -0.385 e. The van der Waals surface area contributed by atoms with E-state index in [9.17, 15) is 14.3 Å². The Morgan fingerprint density at radius 1 is 1.33 bits per heavy atom. The number of ketones is 1. The molecule has 120 valence electrons. The summed E-state index contributed by atoms with van der Waals surface area (Å²) in [5.74, 6) is -0.880. The number of hydrogen-bond acceptors (Lipinski definition) is 5. The summed E-state index contributed by atoms with van der Waals surface area (Å²) in [6, 6.07) is 8.47. The van der Waals surface area contributed by atoms with Crippen molar-refractivity contribution in [3.63, 3.8) is 0 Å². The average Bonchev–Trinajstić information content (AvgIpc) is 3.08. The lowest BCUT2D eigenvalue weighted by atomic mass is 10.0. The number of aliphatic hydroxyl groups excluding tert-OH is 1. The second kappa shape index (κ2) is 5.31. The van der Waals surface area contributed by atoms with E-state index in [2.05, 4.69) is 15.3 Å². The van der Waals surface area contributed by atoms with Crippen molar-refractivity contribution in [1.82, 2.24) is 20.0 Å². The number of benzene rings is 1. The van der Waals surface area contributed by atoms with Crippen LogP contribution in [0.25, 0.3) is 16.9 Å². The van der Waals surface area contributed by atoms with E-state index in [0.717, 1.165) is 11.1 Å². The Bertz CT molecular complexity index is 967. The molecule has 6 nitrogen and oxygen atoms in total. The zero-order chi connectivity index (χ0) is 16.8. The fourth-order valence-corrected chi connectivity index (χ4v) is 2.99. The lowest BCUT2D eigenvalue weighted by Gasteiger charge is -2.05. The smallest absolute Gasteiger partial charge is 0.238 e. The molecular weight excluding hydrogens is 311 g/mol. The van der Waals surface area contributed by atoms with Crippen LogP contribution >= 0.6 is 0 Å². The molecule has 0 saturated carbocycles. The van der Waals surface area contributed by atoms with Crippen LogP contribution in [0.3, 0.4) is 0 Å². The van der Waals surface area contributed by atoms with Gasteiger partial charge in [0.15, 0.2) is 5.78 Å². The van der Waals surface area contributed by atoms with Crippen LogP contribution in [0.5, 0.6) is 0 Å². The number of halogens is 1.